The summed E-state index contributed by atoms with van der Waals surface area (Å²) in [6.45, 7) is 6.46. The van der Waals surface area contributed by atoms with Gasteiger partial charge in [-0.2, -0.15) is 0 Å². The number of fused-ring (bicyclic) bond motifs is 1. The molecule has 4 nitrogen and oxygen atoms in total. The molecule has 3 aromatic rings. The fourth-order valence-corrected chi connectivity index (χ4v) is 3.57. The number of rotatable bonds is 6. The van der Waals surface area contributed by atoms with E-state index in [1.807, 2.05) is 36.4 Å². The van der Waals surface area contributed by atoms with Crippen molar-refractivity contribution in [2.75, 3.05) is 44.2 Å². The van der Waals surface area contributed by atoms with E-state index in [2.05, 4.69) is 23.1 Å². The molecule has 0 spiro atoms. The highest BCUT2D eigenvalue weighted by atomic mass is 16.5. The predicted molar refractivity (Wildman–Crippen MR) is 101 cm³/mol. The minimum atomic E-state index is 0.795. The highest BCUT2D eigenvalue weighted by molar-refractivity contribution is 5.89. The largest absolute Gasteiger partial charge is 0.493 e. The first-order chi connectivity index (χ1) is 12.4. The zero-order valence-corrected chi connectivity index (χ0v) is 14.5. The maximum absolute atomic E-state index is 5.79. The predicted octanol–water partition coefficient (Wildman–Crippen LogP) is 2.61. The lowest BCUT2D eigenvalue weighted by molar-refractivity contribution is -0.900. The molecule has 4 heteroatoms. The average Bonchev–Trinajstić information content (AvgIpc) is 3.15. The van der Waals surface area contributed by atoms with Crippen molar-refractivity contribution in [3.05, 3.63) is 60.9 Å². The van der Waals surface area contributed by atoms with Crippen LogP contribution >= 0.6 is 0 Å². The number of para-hydroxylation sites is 2. The quantitative estimate of drug-likeness (QED) is 0.701. The lowest BCUT2D eigenvalue weighted by Gasteiger charge is -2.33. The highest BCUT2D eigenvalue weighted by Gasteiger charge is 2.21. The Bertz CT molecular complexity index is 792. The van der Waals surface area contributed by atoms with Gasteiger partial charge in [-0.3, -0.25) is 0 Å². The fourth-order valence-electron chi connectivity index (χ4n) is 3.57. The molecule has 1 aliphatic heterocycles. The van der Waals surface area contributed by atoms with Crippen LogP contribution in [0.2, 0.25) is 0 Å². The molecule has 25 heavy (non-hydrogen) atoms. The van der Waals surface area contributed by atoms with E-state index in [1.165, 1.54) is 30.7 Å². The molecule has 0 amide bonds. The van der Waals surface area contributed by atoms with Gasteiger partial charge in [-0.05, 0) is 24.3 Å². The van der Waals surface area contributed by atoms with E-state index < -0.39 is 0 Å². The summed E-state index contributed by atoms with van der Waals surface area (Å²) < 4.78 is 11.5. The Hall–Kier alpha value is -2.46. The Kier molecular flexibility index (Phi) is 4.89. The molecule has 4 rings (SSSR count). The molecular formula is C21H25N2O2+. The van der Waals surface area contributed by atoms with Crippen molar-refractivity contribution in [1.82, 2.24) is 0 Å². The second-order valence-electron chi connectivity index (χ2n) is 6.62. The standard InChI is InChI=1S/C21H24N2O2/c1-2-7-19(8-3-1)24-16-5-11-22-12-14-23(15-13-22)20-9-4-6-18-10-17-25-21(18)20/h1-4,6-10,17H,5,11-16H2/p+1. The van der Waals surface area contributed by atoms with E-state index >= 15 is 0 Å². The minimum absolute atomic E-state index is 0.795. The number of furan rings is 1. The van der Waals surface area contributed by atoms with Crippen LogP contribution in [-0.2, 0) is 0 Å². The van der Waals surface area contributed by atoms with Crippen LogP contribution in [0.1, 0.15) is 6.42 Å². The number of nitrogens with one attached hydrogen (secondary N) is 1. The smallest absolute Gasteiger partial charge is 0.157 e. The van der Waals surface area contributed by atoms with Gasteiger partial charge in [0, 0.05) is 11.8 Å². The Labute approximate surface area is 148 Å². The monoisotopic (exact) mass is 337 g/mol. The normalized spacial score (nSPS) is 15.6. The van der Waals surface area contributed by atoms with Crippen LogP contribution in [0.4, 0.5) is 5.69 Å². The van der Waals surface area contributed by atoms with E-state index in [9.17, 15) is 0 Å². The molecule has 1 aliphatic rings. The van der Waals surface area contributed by atoms with Crippen LogP contribution in [0.15, 0.2) is 65.3 Å². The maximum Gasteiger partial charge on any atom is 0.157 e. The number of piperazine rings is 1. The molecule has 0 aliphatic carbocycles. The molecule has 1 fully saturated rings. The molecule has 0 radical (unpaired) electrons. The highest BCUT2D eigenvalue weighted by Crippen LogP contribution is 2.27. The number of nitrogens with zero attached hydrogens (tertiary/aromatic N) is 1. The Morgan fingerprint density at radius 1 is 0.960 bits per heavy atom. The molecule has 0 atom stereocenters. The van der Waals surface area contributed by atoms with Crippen molar-refractivity contribution >= 4 is 16.7 Å². The maximum atomic E-state index is 5.79. The number of benzene rings is 2. The summed E-state index contributed by atoms with van der Waals surface area (Å²) in [5.41, 5.74) is 2.25. The van der Waals surface area contributed by atoms with Gasteiger partial charge in [-0.15, -0.1) is 0 Å². The van der Waals surface area contributed by atoms with Crippen LogP contribution in [0, 0.1) is 0 Å². The molecular weight excluding hydrogens is 312 g/mol. The third-order valence-corrected chi connectivity index (χ3v) is 4.96. The van der Waals surface area contributed by atoms with Crippen LogP contribution in [0.25, 0.3) is 11.0 Å². The van der Waals surface area contributed by atoms with Gasteiger partial charge < -0.3 is 19.0 Å². The van der Waals surface area contributed by atoms with E-state index in [0.717, 1.165) is 37.4 Å². The molecule has 2 heterocycles. The van der Waals surface area contributed by atoms with E-state index in [0.29, 0.717) is 0 Å². The van der Waals surface area contributed by atoms with Crippen LogP contribution in [0.5, 0.6) is 5.75 Å². The number of hydrogen-bond donors (Lipinski definition) is 1. The summed E-state index contributed by atoms with van der Waals surface area (Å²) in [5.74, 6) is 0.967. The number of anilines is 1. The zero-order valence-electron chi connectivity index (χ0n) is 14.5. The van der Waals surface area contributed by atoms with Crippen LogP contribution < -0.4 is 14.5 Å². The molecule has 1 saturated heterocycles. The molecule has 0 saturated carbocycles. The zero-order chi connectivity index (χ0) is 16.9. The third-order valence-electron chi connectivity index (χ3n) is 4.96. The topological polar surface area (TPSA) is 30.1 Å². The van der Waals surface area contributed by atoms with Gasteiger partial charge in [0.15, 0.2) is 5.58 Å². The summed E-state index contributed by atoms with van der Waals surface area (Å²) in [6, 6.07) is 18.5. The van der Waals surface area contributed by atoms with Crippen molar-refractivity contribution in [1.29, 1.82) is 0 Å². The van der Waals surface area contributed by atoms with Crippen LogP contribution in [0.3, 0.4) is 0 Å². The minimum Gasteiger partial charge on any atom is -0.493 e. The number of quaternary nitrogens is 1. The SMILES string of the molecule is c1ccc(OCCC[NH+]2CCN(c3cccc4ccoc34)CC2)cc1. The average molecular weight is 337 g/mol. The third kappa shape index (κ3) is 3.80. The summed E-state index contributed by atoms with van der Waals surface area (Å²) in [5, 5.41) is 1.19. The summed E-state index contributed by atoms with van der Waals surface area (Å²) in [4.78, 5) is 4.12. The second-order valence-corrected chi connectivity index (χ2v) is 6.62. The second kappa shape index (κ2) is 7.62. The Morgan fingerprint density at radius 2 is 1.80 bits per heavy atom. The molecule has 0 bridgehead atoms. The van der Waals surface area contributed by atoms with Gasteiger partial charge in [-0.25, -0.2) is 0 Å². The van der Waals surface area contributed by atoms with Gasteiger partial charge in [0.2, 0.25) is 0 Å². The van der Waals surface area contributed by atoms with Crippen molar-refractivity contribution in [3.63, 3.8) is 0 Å². The molecule has 2 aromatic carbocycles. The van der Waals surface area contributed by atoms with Crippen LogP contribution in [-0.4, -0.2) is 39.3 Å². The molecule has 1 aromatic heterocycles. The summed E-state index contributed by atoms with van der Waals surface area (Å²) in [7, 11) is 0. The van der Waals surface area contributed by atoms with Gasteiger partial charge in [0.1, 0.15) is 5.75 Å². The van der Waals surface area contributed by atoms with Gasteiger partial charge >= 0.3 is 0 Å². The number of ether oxygens (including phenoxy) is 1. The first-order valence-corrected chi connectivity index (χ1v) is 9.13. The van der Waals surface area contributed by atoms with Crippen molar-refractivity contribution < 1.29 is 14.1 Å². The molecule has 0 unspecified atom stereocenters. The van der Waals surface area contributed by atoms with Crippen molar-refractivity contribution in [2.24, 2.45) is 0 Å². The first-order valence-electron chi connectivity index (χ1n) is 9.13. The summed E-state index contributed by atoms with van der Waals surface area (Å²) in [6.07, 6.45) is 2.88. The Balaban J connectivity index is 1.24. The van der Waals surface area contributed by atoms with E-state index in [1.54, 1.807) is 11.2 Å². The molecule has 1 N–H and O–H groups in total. The van der Waals surface area contributed by atoms with Gasteiger partial charge in [0.05, 0.1) is 51.3 Å². The lowest BCUT2D eigenvalue weighted by atomic mass is 10.2. The first kappa shape index (κ1) is 16.0. The van der Waals surface area contributed by atoms with Gasteiger partial charge in [-0.1, -0.05) is 30.3 Å². The number of hydrogen-bond acceptors (Lipinski definition) is 3. The summed E-state index contributed by atoms with van der Waals surface area (Å²) >= 11 is 0. The van der Waals surface area contributed by atoms with Crippen molar-refractivity contribution in [2.45, 2.75) is 6.42 Å². The Morgan fingerprint density at radius 3 is 2.64 bits per heavy atom. The lowest BCUT2D eigenvalue weighted by Crippen LogP contribution is -3.14. The fraction of sp³-hybridized carbons (Fsp3) is 0.333. The van der Waals surface area contributed by atoms with E-state index in [-0.39, 0.29) is 0 Å². The van der Waals surface area contributed by atoms with Crippen molar-refractivity contribution in [3.8, 4) is 5.75 Å². The molecule has 130 valence electrons. The van der Waals surface area contributed by atoms with Gasteiger partial charge in [0.25, 0.3) is 0 Å². The van der Waals surface area contributed by atoms with E-state index in [4.69, 9.17) is 9.15 Å².